The average Bonchev–Trinajstić information content (AvgIpc) is 2.58. The van der Waals surface area contributed by atoms with Crippen LogP contribution in [0.5, 0.6) is 0 Å². The van der Waals surface area contributed by atoms with Gasteiger partial charge in [0.05, 0.1) is 12.7 Å². The molecule has 0 saturated heterocycles. The summed E-state index contributed by atoms with van der Waals surface area (Å²) in [5.41, 5.74) is 1.07. The number of hydrogen-bond donors (Lipinski definition) is 0. The van der Waals surface area contributed by atoms with Crippen molar-refractivity contribution < 1.29 is 19.1 Å². The first-order valence-electron chi connectivity index (χ1n) is 7.26. The van der Waals surface area contributed by atoms with E-state index in [9.17, 15) is 14.4 Å². The Morgan fingerprint density at radius 3 is 2.08 bits per heavy atom. The molecule has 4 rings (SSSR count). The van der Waals surface area contributed by atoms with Gasteiger partial charge in [-0.15, -0.1) is 12.4 Å². The first kappa shape index (κ1) is 16.1. The van der Waals surface area contributed by atoms with Crippen LogP contribution in [0.4, 0.5) is 0 Å². The van der Waals surface area contributed by atoms with Gasteiger partial charge in [-0.3, -0.25) is 14.4 Å². The van der Waals surface area contributed by atoms with Gasteiger partial charge >= 0.3 is 0 Å². The van der Waals surface area contributed by atoms with Crippen LogP contribution in [-0.4, -0.2) is 24.5 Å². The highest BCUT2D eigenvalue weighted by Crippen LogP contribution is 2.36. The van der Waals surface area contributed by atoms with Crippen LogP contribution in [0.2, 0.25) is 0 Å². The molecule has 0 fully saturated rings. The van der Waals surface area contributed by atoms with Crippen molar-refractivity contribution in [3.8, 4) is 0 Å². The summed E-state index contributed by atoms with van der Waals surface area (Å²) in [6.07, 6.45) is 1.60. The average molecular weight is 341 g/mol. The standard InChI is InChI=1S/C19H12O4.ClH/c1-23-19-15(20)7-6-12-16(19)18(22)14-9-11-5-3-2-4-10(11)8-13(14)17(12)21;/h2-6,8-9H,7H2,1H3;1H. The zero-order valence-corrected chi connectivity index (χ0v) is 13.6. The number of benzene rings is 2. The zero-order valence-electron chi connectivity index (χ0n) is 12.8. The number of halogens is 1. The van der Waals surface area contributed by atoms with Crippen LogP contribution in [-0.2, 0) is 9.53 Å². The molecule has 0 spiro atoms. The predicted octanol–water partition coefficient (Wildman–Crippen LogP) is 3.44. The van der Waals surface area contributed by atoms with Gasteiger partial charge in [0.1, 0.15) is 0 Å². The van der Waals surface area contributed by atoms with Crippen molar-refractivity contribution >= 4 is 40.5 Å². The van der Waals surface area contributed by atoms with E-state index >= 15 is 0 Å². The van der Waals surface area contributed by atoms with Gasteiger partial charge in [0, 0.05) is 23.1 Å². The Hall–Kier alpha value is -2.72. The minimum atomic E-state index is -0.332. The molecule has 0 atom stereocenters. The summed E-state index contributed by atoms with van der Waals surface area (Å²) < 4.78 is 5.11. The molecule has 2 aliphatic carbocycles. The molecule has 0 heterocycles. The van der Waals surface area contributed by atoms with E-state index in [0.717, 1.165) is 10.8 Å². The lowest BCUT2D eigenvalue weighted by Gasteiger charge is -2.24. The molecule has 0 N–H and O–H groups in total. The summed E-state index contributed by atoms with van der Waals surface area (Å²) in [5, 5.41) is 1.78. The molecule has 0 saturated carbocycles. The minimum Gasteiger partial charge on any atom is -0.492 e. The van der Waals surface area contributed by atoms with Crippen molar-refractivity contribution in [1.29, 1.82) is 0 Å². The Morgan fingerprint density at radius 1 is 0.917 bits per heavy atom. The molecule has 0 aromatic heterocycles. The largest absolute Gasteiger partial charge is 0.492 e. The Balaban J connectivity index is 0.00000169. The smallest absolute Gasteiger partial charge is 0.201 e. The highest BCUT2D eigenvalue weighted by molar-refractivity contribution is 6.34. The molecule has 2 aromatic rings. The fourth-order valence-corrected chi connectivity index (χ4v) is 3.19. The summed E-state index contributed by atoms with van der Waals surface area (Å²) in [4.78, 5) is 37.6. The van der Waals surface area contributed by atoms with E-state index in [1.54, 1.807) is 12.1 Å². The fourth-order valence-electron chi connectivity index (χ4n) is 3.19. The molecule has 0 amide bonds. The topological polar surface area (TPSA) is 60.4 Å². The molecule has 0 radical (unpaired) electrons. The molecular weight excluding hydrogens is 328 g/mol. The number of rotatable bonds is 1. The molecule has 2 aromatic carbocycles. The van der Waals surface area contributed by atoms with Crippen molar-refractivity contribution in [1.82, 2.24) is 0 Å². The Labute approximate surface area is 144 Å². The van der Waals surface area contributed by atoms with E-state index in [1.165, 1.54) is 13.2 Å². The number of hydrogen-bond acceptors (Lipinski definition) is 4. The lowest BCUT2D eigenvalue weighted by Crippen LogP contribution is -2.28. The second-order valence-corrected chi connectivity index (χ2v) is 5.56. The molecule has 5 heteroatoms. The zero-order chi connectivity index (χ0) is 16.1. The molecule has 0 aliphatic heterocycles. The number of allylic oxidation sites excluding steroid dienone is 4. The van der Waals surface area contributed by atoms with Crippen LogP contribution in [0.15, 0.2) is 59.4 Å². The summed E-state index contributed by atoms with van der Waals surface area (Å²) >= 11 is 0. The second-order valence-electron chi connectivity index (χ2n) is 5.56. The van der Waals surface area contributed by atoms with Gasteiger partial charge in [-0.05, 0) is 22.9 Å². The first-order chi connectivity index (χ1) is 11.1. The van der Waals surface area contributed by atoms with E-state index in [1.807, 2.05) is 24.3 Å². The SMILES string of the molecule is COC1=C2C(=O)c3cc4ccccc4cc3C(=O)C2=CCC1=O.Cl. The molecular formula is C19H13ClO4. The summed E-state index contributed by atoms with van der Waals surface area (Å²) in [5.74, 6) is -0.861. The van der Waals surface area contributed by atoms with E-state index in [2.05, 4.69) is 0 Å². The van der Waals surface area contributed by atoms with E-state index in [4.69, 9.17) is 4.74 Å². The van der Waals surface area contributed by atoms with Crippen molar-refractivity contribution in [3.63, 3.8) is 0 Å². The lowest BCUT2D eigenvalue weighted by atomic mass is 9.77. The van der Waals surface area contributed by atoms with Gasteiger partial charge in [0.25, 0.3) is 0 Å². The molecule has 0 unspecified atom stereocenters. The fraction of sp³-hybridized carbons (Fsp3) is 0.105. The van der Waals surface area contributed by atoms with Crippen LogP contribution in [0.3, 0.4) is 0 Å². The maximum atomic E-state index is 12.9. The maximum Gasteiger partial charge on any atom is 0.201 e. The van der Waals surface area contributed by atoms with Gasteiger partial charge in [-0.25, -0.2) is 0 Å². The van der Waals surface area contributed by atoms with Gasteiger partial charge < -0.3 is 4.74 Å². The van der Waals surface area contributed by atoms with Gasteiger partial charge in [0.15, 0.2) is 17.3 Å². The van der Waals surface area contributed by atoms with Crippen LogP contribution in [0.1, 0.15) is 27.1 Å². The summed E-state index contributed by atoms with van der Waals surface area (Å²) in [7, 11) is 1.34. The first-order valence-corrected chi connectivity index (χ1v) is 7.26. The predicted molar refractivity (Wildman–Crippen MR) is 91.6 cm³/mol. The third kappa shape index (κ3) is 2.11. The van der Waals surface area contributed by atoms with Crippen LogP contribution < -0.4 is 0 Å². The quantitative estimate of drug-likeness (QED) is 0.798. The Bertz CT molecular complexity index is 982. The number of Topliss-reactive ketones (excluding diaryl/α,β-unsaturated/α-hetero) is 3. The number of ketones is 3. The maximum absolute atomic E-state index is 12.9. The van der Waals surface area contributed by atoms with E-state index < -0.39 is 0 Å². The van der Waals surface area contributed by atoms with E-state index in [-0.39, 0.29) is 53.1 Å². The van der Waals surface area contributed by atoms with Crippen molar-refractivity contribution in [2.75, 3.05) is 7.11 Å². The van der Waals surface area contributed by atoms with Crippen molar-refractivity contribution in [2.24, 2.45) is 0 Å². The number of carbonyl (C=O) groups excluding carboxylic acids is 3. The minimum absolute atomic E-state index is 0. The van der Waals surface area contributed by atoms with Gasteiger partial charge in [0.2, 0.25) is 5.78 Å². The summed E-state index contributed by atoms with van der Waals surface area (Å²) in [6, 6.07) is 11.0. The number of methoxy groups -OCH3 is 1. The van der Waals surface area contributed by atoms with Crippen LogP contribution >= 0.6 is 12.4 Å². The van der Waals surface area contributed by atoms with Crippen molar-refractivity contribution in [2.45, 2.75) is 6.42 Å². The molecule has 0 bridgehead atoms. The summed E-state index contributed by atoms with van der Waals surface area (Å²) in [6.45, 7) is 0. The van der Waals surface area contributed by atoms with Gasteiger partial charge in [-0.1, -0.05) is 30.3 Å². The van der Waals surface area contributed by atoms with Crippen LogP contribution in [0, 0.1) is 0 Å². The highest BCUT2D eigenvalue weighted by Gasteiger charge is 2.38. The number of carbonyl (C=O) groups is 3. The third-order valence-corrected chi connectivity index (χ3v) is 4.29. The Morgan fingerprint density at radius 2 is 1.50 bits per heavy atom. The molecule has 2 aliphatic rings. The van der Waals surface area contributed by atoms with Crippen molar-refractivity contribution in [3.05, 3.63) is 70.5 Å². The van der Waals surface area contributed by atoms with E-state index in [0.29, 0.717) is 11.1 Å². The van der Waals surface area contributed by atoms with Crippen LogP contribution in [0.25, 0.3) is 10.8 Å². The molecule has 4 nitrogen and oxygen atoms in total. The van der Waals surface area contributed by atoms with Gasteiger partial charge in [-0.2, -0.15) is 0 Å². The second kappa shape index (κ2) is 5.73. The Kier molecular flexibility index (Phi) is 3.85. The highest BCUT2D eigenvalue weighted by atomic mass is 35.5. The molecule has 24 heavy (non-hydrogen) atoms. The molecule has 120 valence electrons. The monoisotopic (exact) mass is 340 g/mol. The third-order valence-electron chi connectivity index (χ3n) is 4.29. The lowest BCUT2D eigenvalue weighted by molar-refractivity contribution is -0.117. The number of fused-ring (bicyclic) bond motifs is 3. The normalized spacial score (nSPS) is 16.4. The number of ether oxygens (including phenoxy) is 1.